The van der Waals surface area contributed by atoms with E-state index in [0.29, 0.717) is 12.5 Å². The van der Waals surface area contributed by atoms with Crippen LogP contribution in [0, 0.1) is 11.8 Å². The molecule has 3 nitrogen and oxygen atoms in total. The van der Waals surface area contributed by atoms with Crippen molar-refractivity contribution in [3.05, 3.63) is 0 Å². The highest BCUT2D eigenvalue weighted by Crippen LogP contribution is 2.41. The number of hydrogen-bond acceptors (Lipinski definition) is 3. The summed E-state index contributed by atoms with van der Waals surface area (Å²) in [5.41, 5.74) is 5.62. The number of rotatable bonds is 4. The quantitative estimate of drug-likeness (QED) is 0.705. The molecule has 0 aromatic heterocycles. The average molecular weight is 201 g/mol. The molecule has 14 heavy (non-hydrogen) atoms. The van der Waals surface area contributed by atoms with E-state index in [-0.39, 0.29) is 5.79 Å². The van der Waals surface area contributed by atoms with Crippen LogP contribution >= 0.6 is 0 Å². The Morgan fingerprint density at radius 2 is 2.00 bits per heavy atom. The highest BCUT2D eigenvalue weighted by molar-refractivity contribution is 4.86. The summed E-state index contributed by atoms with van der Waals surface area (Å²) in [4.78, 5) is 0. The van der Waals surface area contributed by atoms with Crippen LogP contribution in [-0.4, -0.2) is 26.6 Å². The zero-order valence-electron chi connectivity index (χ0n) is 9.58. The number of nitrogens with two attached hydrogens (primary N) is 1. The third-order valence-corrected chi connectivity index (χ3v) is 3.50. The predicted molar refractivity (Wildman–Crippen MR) is 56.9 cm³/mol. The van der Waals surface area contributed by atoms with Gasteiger partial charge >= 0.3 is 0 Å². The zero-order chi connectivity index (χ0) is 10.6. The lowest BCUT2D eigenvalue weighted by atomic mass is 9.76. The van der Waals surface area contributed by atoms with Gasteiger partial charge in [-0.3, -0.25) is 0 Å². The second-order valence-corrected chi connectivity index (χ2v) is 4.37. The molecule has 1 rings (SSSR count). The Morgan fingerprint density at radius 3 is 2.50 bits per heavy atom. The molecule has 84 valence electrons. The number of methoxy groups -OCH3 is 2. The van der Waals surface area contributed by atoms with Crippen LogP contribution in [0.4, 0.5) is 0 Å². The van der Waals surface area contributed by atoms with Gasteiger partial charge in [-0.2, -0.15) is 0 Å². The van der Waals surface area contributed by atoms with Crippen molar-refractivity contribution < 1.29 is 9.47 Å². The molecule has 2 N–H and O–H groups in total. The Kier molecular flexibility index (Phi) is 4.35. The molecular weight excluding hydrogens is 178 g/mol. The van der Waals surface area contributed by atoms with Crippen LogP contribution in [0.1, 0.15) is 32.6 Å². The Morgan fingerprint density at radius 1 is 1.36 bits per heavy atom. The van der Waals surface area contributed by atoms with Crippen molar-refractivity contribution in [2.24, 2.45) is 17.6 Å². The van der Waals surface area contributed by atoms with Gasteiger partial charge in [-0.05, 0) is 31.7 Å². The smallest absolute Gasteiger partial charge is 0.170 e. The van der Waals surface area contributed by atoms with E-state index >= 15 is 0 Å². The summed E-state index contributed by atoms with van der Waals surface area (Å²) in [5, 5.41) is 0. The first-order valence-corrected chi connectivity index (χ1v) is 5.49. The van der Waals surface area contributed by atoms with Gasteiger partial charge in [0.15, 0.2) is 5.79 Å². The average Bonchev–Trinajstić information content (AvgIpc) is 2.20. The highest BCUT2D eigenvalue weighted by Gasteiger charge is 2.42. The van der Waals surface area contributed by atoms with Crippen LogP contribution in [0.3, 0.4) is 0 Å². The van der Waals surface area contributed by atoms with E-state index in [1.165, 1.54) is 12.8 Å². The summed E-state index contributed by atoms with van der Waals surface area (Å²) in [7, 11) is 3.48. The first kappa shape index (κ1) is 12.0. The molecule has 0 heterocycles. The maximum Gasteiger partial charge on any atom is 0.170 e. The van der Waals surface area contributed by atoms with Gasteiger partial charge in [-0.1, -0.05) is 6.92 Å². The minimum atomic E-state index is -0.369. The molecule has 1 fully saturated rings. The molecule has 3 heteroatoms. The molecule has 0 saturated heterocycles. The first-order chi connectivity index (χ1) is 6.68. The normalized spacial score (nSPS) is 31.7. The van der Waals surface area contributed by atoms with Gasteiger partial charge in [0, 0.05) is 26.6 Å². The van der Waals surface area contributed by atoms with E-state index in [4.69, 9.17) is 15.2 Å². The fourth-order valence-corrected chi connectivity index (χ4v) is 2.59. The minimum Gasteiger partial charge on any atom is -0.353 e. The van der Waals surface area contributed by atoms with Gasteiger partial charge in [0.25, 0.3) is 0 Å². The summed E-state index contributed by atoms with van der Waals surface area (Å²) < 4.78 is 11.1. The van der Waals surface area contributed by atoms with Crippen LogP contribution < -0.4 is 5.73 Å². The van der Waals surface area contributed by atoms with E-state index in [2.05, 4.69) is 6.92 Å². The molecule has 1 aliphatic carbocycles. The van der Waals surface area contributed by atoms with E-state index in [9.17, 15) is 0 Å². The maximum atomic E-state index is 5.62. The molecule has 0 spiro atoms. The van der Waals surface area contributed by atoms with Crippen molar-refractivity contribution in [1.82, 2.24) is 0 Å². The molecule has 2 unspecified atom stereocenters. The fraction of sp³-hybridized carbons (Fsp3) is 1.00. The molecule has 2 atom stereocenters. The van der Waals surface area contributed by atoms with Crippen molar-refractivity contribution in [2.75, 3.05) is 20.8 Å². The summed E-state index contributed by atoms with van der Waals surface area (Å²) in [6, 6.07) is 0. The molecule has 0 radical (unpaired) electrons. The largest absolute Gasteiger partial charge is 0.353 e. The summed E-state index contributed by atoms with van der Waals surface area (Å²) >= 11 is 0. The lowest BCUT2D eigenvalue weighted by molar-refractivity contribution is -0.259. The van der Waals surface area contributed by atoms with Gasteiger partial charge in [-0.25, -0.2) is 0 Å². The topological polar surface area (TPSA) is 44.5 Å². The lowest BCUT2D eigenvalue weighted by Gasteiger charge is -2.43. The minimum absolute atomic E-state index is 0.369. The second-order valence-electron chi connectivity index (χ2n) is 4.37. The highest BCUT2D eigenvalue weighted by atomic mass is 16.7. The van der Waals surface area contributed by atoms with Gasteiger partial charge in [0.2, 0.25) is 0 Å². The monoisotopic (exact) mass is 201 g/mol. The van der Waals surface area contributed by atoms with Crippen LogP contribution in [0.5, 0.6) is 0 Å². The van der Waals surface area contributed by atoms with Crippen molar-refractivity contribution in [2.45, 2.75) is 38.4 Å². The molecule has 0 aliphatic heterocycles. The molecular formula is C11H23NO2. The predicted octanol–water partition coefficient (Wildman–Crippen LogP) is 1.76. The molecule has 0 bridgehead atoms. The SMILES string of the molecule is COC1(OC)CCC(C)CC1CCN. The summed E-state index contributed by atoms with van der Waals surface area (Å²) in [5.74, 6) is 0.850. The van der Waals surface area contributed by atoms with Crippen molar-refractivity contribution in [1.29, 1.82) is 0 Å². The van der Waals surface area contributed by atoms with Gasteiger partial charge in [0.1, 0.15) is 0 Å². The maximum absolute atomic E-state index is 5.62. The Labute approximate surface area is 86.9 Å². The van der Waals surface area contributed by atoms with Crippen LogP contribution in [0.2, 0.25) is 0 Å². The van der Waals surface area contributed by atoms with Crippen LogP contribution in [0.25, 0.3) is 0 Å². The second kappa shape index (κ2) is 5.10. The molecule has 0 aromatic carbocycles. The standard InChI is InChI=1S/C11H23NO2/c1-9-4-6-11(13-2,14-3)10(8-9)5-7-12/h9-10H,4-8,12H2,1-3H3. The van der Waals surface area contributed by atoms with Crippen LogP contribution in [-0.2, 0) is 9.47 Å². The van der Waals surface area contributed by atoms with Gasteiger partial charge < -0.3 is 15.2 Å². The Balaban J connectivity index is 2.69. The molecule has 1 aliphatic rings. The summed E-state index contributed by atoms with van der Waals surface area (Å²) in [6.07, 6.45) is 4.33. The van der Waals surface area contributed by atoms with E-state index in [1.54, 1.807) is 14.2 Å². The summed E-state index contributed by atoms with van der Waals surface area (Å²) in [6.45, 7) is 3.00. The number of ether oxygens (including phenoxy) is 2. The number of hydrogen-bond donors (Lipinski definition) is 1. The lowest BCUT2D eigenvalue weighted by Crippen LogP contribution is -2.46. The zero-order valence-corrected chi connectivity index (χ0v) is 9.58. The third kappa shape index (κ3) is 2.27. The Bertz CT molecular complexity index is 169. The van der Waals surface area contributed by atoms with Crippen molar-refractivity contribution in [3.63, 3.8) is 0 Å². The van der Waals surface area contributed by atoms with E-state index in [0.717, 1.165) is 18.8 Å². The van der Waals surface area contributed by atoms with Crippen molar-refractivity contribution in [3.8, 4) is 0 Å². The van der Waals surface area contributed by atoms with Crippen LogP contribution in [0.15, 0.2) is 0 Å². The van der Waals surface area contributed by atoms with E-state index < -0.39 is 0 Å². The van der Waals surface area contributed by atoms with E-state index in [1.807, 2.05) is 0 Å². The fourth-order valence-electron chi connectivity index (χ4n) is 2.59. The molecule has 0 amide bonds. The third-order valence-electron chi connectivity index (χ3n) is 3.50. The molecule has 0 aromatic rings. The van der Waals surface area contributed by atoms with Gasteiger partial charge in [0.05, 0.1) is 0 Å². The first-order valence-electron chi connectivity index (χ1n) is 5.49. The van der Waals surface area contributed by atoms with Gasteiger partial charge in [-0.15, -0.1) is 0 Å². The Hall–Kier alpha value is -0.120. The van der Waals surface area contributed by atoms with Crippen molar-refractivity contribution >= 4 is 0 Å². The molecule has 1 saturated carbocycles.